The standard InChI is InChI=1S/Al.Cl3OSi.2ClH/c;1-5(2,3)4;;/h;;2*1H/q+1;-1;;. The van der Waals surface area contributed by atoms with Gasteiger partial charge in [-0.3, -0.25) is 0 Å². The molecule has 0 heterocycles. The first kappa shape index (κ1) is 16.6. The van der Waals surface area contributed by atoms with E-state index in [1.54, 1.807) is 0 Å². The summed E-state index contributed by atoms with van der Waals surface area (Å²) in [5.41, 5.74) is 0. The summed E-state index contributed by atoms with van der Waals surface area (Å²) in [6, 6.07) is 0. The van der Waals surface area contributed by atoms with Crippen LogP contribution in [0.5, 0.6) is 0 Å². The molecule has 0 amide bonds. The zero-order chi connectivity index (χ0) is 5.21. The lowest BCUT2D eigenvalue weighted by molar-refractivity contribution is 0.667. The lowest BCUT2D eigenvalue weighted by atomic mass is 15.8. The first-order chi connectivity index (χ1) is 2.56. The zero-order valence-corrected chi connectivity index (χ0v) is 9.49. The van der Waals surface area contributed by atoms with E-state index in [4.69, 9.17) is 33.2 Å². The van der Waals surface area contributed by atoms with E-state index in [9.17, 15) is 0 Å². The minimum absolute atomic E-state index is 0. The van der Waals surface area contributed by atoms with Crippen LogP contribution in [0.2, 0.25) is 0 Å². The Balaban J connectivity index is -0.000000125. The maximum atomic E-state index is 5.14. The van der Waals surface area contributed by atoms with Crippen molar-refractivity contribution in [1.82, 2.24) is 0 Å². The highest BCUT2D eigenvalue weighted by molar-refractivity contribution is 7.62. The average molecular weight is 250 g/mol. The number of rotatable bonds is 1. The monoisotopic (exact) mass is 248 g/mol. The molecule has 2 radical (unpaired) electrons. The maximum absolute atomic E-state index is 5.14. The van der Waals surface area contributed by atoms with Crippen molar-refractivity contribution in [1.29, 1.82) is 0 Å². The quantitative estimate of drug-likeness (QED) is 0.511. The van der Waals surface area contributed by atoms with Crippen LogP contribution < -0.4 is 0 Å². The minimum atomic E-state index is -2.75. The van der Waals surface area contributed by atoms with Gasteiger partial charge in [-0.25, -0.2) is 0 Å². The lowest BCUT2D eigenvalue weighted by Crippen LogP contribution is -2.12. The van der Waals surface area contributed by atoms with Crippen molar-refractivity contribution in [3.63, 3.8) is 0 Å². The summed E-state index contributed by atoms with van der Waals surface area (Å²) < 4.78 is 4.29. The molecule has 0 rings (SSSR count). The zero-order valence-electron chi connectivity index (χ0n) is 3.44. The molecule has 0 atom stereocenters. The molecule has 0 aliphatic rings. The van der Waals surface area contributed by atoms with Crippen LogP contribution in [0.4, 0.5) is 0 Å². The van der Waals surface area contributed by atoms with Crippen LogP contribution in [0.1, 0.15) is 0 Å². The van der Waals surface area contributed by atoms with Gasteiger partial charge in [0.15, 0.2) is 0 Å². The van der Waals surface area contributed by atoms with Crippen molar-refractivity contribution in [3.05, 3.63) is 0 Å². The molecule has 0 saturated heterocycles. The van der Waals surface area contributed by atoms with Crippen molar-refractivity contribution in [2.45, 2.75) is 0 Å². The van der Waals surface area contributed by atoms with Gasteiger partial charge in [0.25, 0.3) is 0 Å². The van der Waals surface area contributed by atoms with Crippen LogP contribution in [-0.2, 0) is 3.48 Å². The summed E-state index contributed by atoms with van der Waals surface area (Å²) >= 11 is 17.3. The Hall–Kier alpha value is 2.16. The Labute approximate surface area is 83.8 Å². The first-order valence-corrected chi connectivity index (χ1v) is 6.42. The highest BCUT2D eigenvalue weighted by Gasteiger charge is 2.22. The summed E-state index contributed by atoms with van der Waals surface area (Å²) in [5, 5.41) is 0. The molecular formula is H2AlCl5OSi. The Bertz CT molecular complexity index is 42.2. The molecule has 0 unspecified atom stereocenters. The van der Waals surface area contributed by atoms with Crippen LogP contribution in [-0.4, -0.2) is 22.9 Å². The summed E-state index contributed by atoms with van der Waals surface area (Å²) in [5.74, 6) is 0. The molecule has 0 bridgehead atoms. The second-order valence-corrected chi connectivity index (χ2v) is 8.93. The van der Waals surface area contributed by atoms with E-state index < -0.39 is 6.25 Å². The second kappa shape index (κ2) is 7.27. The fourth-order valence-corrected chi connectivity index (χ4v) is 0. The van der Waals surface area contributed by atoms with Gasteiger partial charge in [0, 0.05) is 0 Å². The normalized spacial score (nSPS) is 8.88. The molecule has 0 aromatic rings. The molecule has 8 heteroatoms. The maximum Gasteiger partial charge on any atom is 0.464 e. The van der Waals surface area contributed by atoms with Gasteiger partial charge < -0.3 is 3.48 Å². The van der Waals surface area contributed by atoms with Gasteiger partial charge in [0.1, 0.15) is 0 Å². The van der Waals surface area contributed by atoms with Crippen molar-refractivity contribution in [2.75, 3.05) is 0 Å². The first-order valence-electron chi connectivity index (χ1n) is 1.01. The third-order valence-electron chi connectivity index (χ3n) is 0.134. The molecule has 0 fully saturated rings. The van der Waals surface area contributed by atoms with Gasteiger partial charge in [-0.05, 0) is 0 Å². The van der Waals surface area contributed by atoms with Gasteiger partial charge >= 0.3 is 22.9 Å². The molecule has 50 valence electrons. The molecular weight excluding hydrogens is 248 g/mol. The molecule has 0 spiro atoms. The third-order valence-corrected chi connectivity index (χ3v) is 3.61. The highest BCUT2D eigenvalue weighted by Crippen LogP contribution is 2.18. The lowest BCUT2D eigenvalue weighted by Gasteiger charge is -2.02. The van der Waals surface area contributed by atoms with E-state index in [-0.39, 0.29) is 24.8 Å². The van der Waals surface area contributed by atoms with Gasteiger partial charge in [-0.15, -0.1) is 24.8 Å². The van der Waals surface area contributed by atoms with Crippen molar-refractivity contribution in [2.24, 2.45) is 0 Å². The molecule has 1 nitrogen and oxygen atoms in total. The predicted octanol–water partition coefficient (Wildman–Crippen LogP) is 2.08. The predicted molar refractivity (Wildman–Crippen MR) is 44.6 cm³/mol. The molecule has 0 saturated carbocycles. The van der Waals surface area contributed by atoms with Crippen LogP contribution in [0, 0.1) is 0 Å². The second-order valence-electron chi connectivity index (χ2n) is 0.564. The van der Waals surface area contributed by atoms with Crippen molar-refractivity contribution < 1.29 is 3.48 Å². The van der Waals surface area contributed by atoms with Gasteiger partial charge in [0.05, 0.1) is 0 Å². The Morgan fingerprint density at radius 1 is 1.12 bits per heavy atom. The molecule has 0 N–H and O–H groups in total. The summed E-state index contributed by atoms with van der Waals surface area (Å²) in [7, 11) is 0. The highest BCUT2D eigenvalue weighted by atomic mass is 35.8. The van der Waals surface area contributed by atoms with E-state index in [0.29, 0.717) is 0 Å². The smallest absolute Gasteiger partial charge is 0.464 e. The van der Waals surface area contributed by atoms with E-state index >= 15 is 0 Å². The molecule has 0 aromatic carbocycles. The van der Waals surface area contributed by atoms with Crippen LogP contribution in [0.25, 0.3) is 0 Å². The van der Waals surface area contributed by atoms with Crippen LogP contribution in [0.15, 0.2) is 0 Å². The Kier molecular flexibility index (Phi) is 15.1. The van der Waals surface area contributed by atoms with E-state index in [1.807, 2.05) is 16.6 Å². The Morgan fingerprint density at radius 3 is 1.25 bits per heavy atom. The summed E-state index contributed by atoms with van der Waals surface area (Å²) in [6.07, 6.45) is -2.75. The van der Waals surface area contributed by atoms with Crippen molar-refractivity contribution in [3.8, 4) is 0 Å². The SMILES string of the molecule is Cl.Cl.[Al][O][Si](Cl)(Cl)Cl. The topological polar surface area (TPSA) is 9.23 Å². The molecule has 8 heavy (non-hydrogen) atoms. The van der Waals surface area contributed by atoms with E-state index in [1.165, 1.54) is 0 Å². The van der Waals surface area contributed by atoms with Gasteiger partial charge in [-0.1, -0.05) is 33.2 Å². The fraction of sp³-hybridized carbons (Fsp3) is 0. The summed E-state index contributed by atoms with van der Waals surface area (Å²) in [6.45, 7) is 0. The van der Waals surface area contributed by atoms with E-state index in [2.05, 4.69) is 3.48 Å². The molecule has 0 aliphatic heterocycles. The number of hydrogen-bond donors (Lipinski definition) is 0. The Morgan fingerprint density at radius 2 is 1.25 bits per heavy atom. The molecule has 0 aliphatic carbocycles. The van der Waals surface area contributed by atoms with Crippen molar-refractivity contribution >= 4 is 80.9 Å². The molecule has 0 aromatic heterocycles. The minimum Gasteiger partial charge on any atom is -0.525 e. The largest absolute Gasteiger partial charge is 0.525 e. The van der Waals surface area contributed by atoms with Gasteiger partial charge in [-0.2, -0.15) is 0 Å². The van der Waals surface area contributed by atoms with Crippen LogP contribution >= 0.6 is 58.1 Å². The number of hydrogen-bond acceptors (Lipinski definition) is 1. The fourth-order valence-electron chi connectivity index (χ4n) is 0. The van der Waals surface area contributed by atoms with Crippen LogP contribution in [0.3, 0.4) is 0 Å². The third kappa shape index (κ3) is 15.7. The average Bonchev–Trinajstić information content (AvgIpc) is 1.35. The van der Waals surface area contributed by atoms with E-state index in [0.717, 1.165) is 0 Å². The number of halogens is 5. The summed E-state index contributed by atoms with van der Waals surface area (Å²) in [4.78, 5) is 0. The van der Waals surface area contributed by atoms with Gasteiger partial charge in [0.2, 0.25) is 0 Å².